The van der Waals surface area contributed by atoms with Crippen LogP contribution in [0.25, 0.3) is 10.9 Å². The van der Waals surface area contributed by atoms with Gasteiger partial charge in [0.25, 0.3) is 0 Å². The molecule has 2 aliphatic heterocycles. The fourth-order valence-corrected chi connectivity index (χ4v) is 3.85. The largest absolute Gasteiger partial charge is 0.369 e. The van der Waals surface area contributed by atoms with Gasteiger partial charge in [-0.2, -0.15) is 0 Å². The number of anilines is 1. The molecule has 0 radical (unpaired) electrons. The number of para-hydroxylation sites is 1. The van der Waals surface area contributed by atoms with Crippen molar-refractivity contribution in [1.82, 2.24) is 15.2 Å². The molecule has 1 unspecified atom stereocenters. The van der Waals surface area contributed by atoms with Gasteiger partial charge in [0.15, 0.2) is 0 Å². The van der Waals surface area contributed by atoms with Crippen molar-refractivity contribution >= 4 is 16.6 Å². The summed E-state index contributed by atoms with van der Waals surface area (Å²) in [5.41, 5.74) is 3.59. The second-order valence-electron chi connectivity index (χ2n) is 6.47. The van der Waals surface area contributed by atoms with Gasteiger partial charge in [-0.15, -0.1) is 0 Å². The summed E-state index contributed by atoms with van der Waals surface area (Å²) in [6, 6.07) is 11.5. The number of rotatable bonds is 2. The van der Waals surface area contributed by atoms with Gasteiger partial charge < -0.3 is 10.2 Å². The van der Waals surface area contributed by atoms with E-state index in [-0.39, 0.29) is 0 Å². The number of aryl methyl sites for hydroxylation is 1. The van der Waals surface area contributed by atoms with Crippen LogP contribution in [0.1, 0.15) is 12.1 Å². The van der Waals surface area contributed by atoms with Gasteiger partial charge in [-0.3, -0.25) is 9.88 Å². The molecule has 3 heterocycles. The Morgan fingerprint density at radius 2 is 1.95 bits per heavy atom. The predicted octanol–water partition coefficient (Wildman–Crippen LogP) is 2.03. The van der Waals surface area contributed by atoms with E-state index < -0.39 is 0 Å². The standard InChI is InChI=1S/C18H24N4/c1-14-12-18(16-4-2-3-5-17(16)20-14)22-9-6-15(13-22)21-10-7-19-8-11-21/h2-5,12,15,19H,6-11,13H2,1H3. The van der Waals surface area contributed by atoms with Crippen LogP contribution in [-0.4, -0.2) is 55.2 Å². The molecule has 0 bridgehead atoms. The highest BCUT2D eigenvalue weighted by atomic mass is 15.3. The molecule has 0 spiro atoms. The minimum Gasteiger partial charge on any atom is -0.369 e. The summed E-state index contributed by atoms with van der Waals surface area (Å²) < 4.78 is 0. The molecular formula is C18H24N4. The molecule has 1 aromatic heterocycles. The molecule has 2 aliphatic rings. The Kier molecular flexibility index (Phi) is 3.72. The number of hydrogen-bond donors (Lipinski definition) is 1. The van der Waals surface area contributed by atoms with Gasteiger partial charge in [0.05, 0.1) is 5.52 Å². The average molecular weight is 296 g/mol. The van der Waals surface area contributed by atoms with Gasteiger partial charge in [-0.1, -0.05) is 18.2 Å². The zero-order valence-corrected chi connectivity index (χ0v) is 13.3. The van der Waals surface area contributed by atoms with Crippen molar-refractivity contribution in [1.29, 1.82) is 0 Å². The van der Waals surface area contributed by atoms with Crippen LogP contribution in [0.15, 0.2) is 30.3 Å². The van der Waals surface area contributed by atoms with Crippen LogP contribution in [0.2, 0.25) is 0 Å². The molecule has 2 fully saturated rings. The molecule has 116 valence electrons. The van der Waals surface area contributed by atoms with Crippen molar-refractivity contribution in [3.8, 4) is 0 Å². The number of benzene rings is 1. The van der Waals surface area contributed by atoms with Crippen molar-refractivity contribution in [2.24, 2.45) is 0 Å². The highest BCUT2D eigenvalue weighted by Crippen LogP contribution is 2.30. The highest BCUT2D eigenvalue weighted by Gasteiger charge is 2.29. The molecule has 1 aromatic carbocycles. The SMILES string of the molecule is Cc1cc(N2CCC(N3CCNCC3)C2)c2ccccc2n1. The fourth-order valence-electron chi connectivity index (χ4n) is 3.85. The van der Waals surface area contributed by atoms with E-state index in [4.69, 9.17) is 0 Å². The van der Waals surface area contributed by atoms with Crippen molar-refractivity contribution < 1.29 is 0 Å². The molecule has 4 nitrogen and oxygen atoms in total. The summed E-state index contributed by atoms with van der Waals surface area (Å²) >= 11 is 0. The summed E-state index contributed by atoms with van der Waals surface area (Å²) in [6.07, 6.45) is 1.27. The van der Waals surface area contributed by atoms with E-state index in [1.807, 2.05) is 0 Å². The van der Waals surface area contributed by atoms with Crippen LogP contribution in [0.3, 0.4) is 0 Å². The molecule has 0 saturated carbocycles. The molecular weight excluding hydrogens is 272 g/mol. The Morgan fingerprint density at radius 1 is 1.14 bits per heavy atom. The maximum atomic E-state index is 4.67. The molecule has 4 rings (SSSR count). The number of hydrogen-bond acceptors (Lipinski definition) is 4. The molecule has 0 amide bonds. The van der Waals surface area contributed by atoms with Crippen LogP contribution >= 0.6 is 0 Å². The molecule has 1 atom stereocenters. The third-order valence-corrected chi connectivity index (χ3v) is 4.99. The van der Waals surface area contributed by atoms with E-state index >= 15 is 0 Å². The topological polar surface area (TPSA) is 31.4 Å². The van der Waals surface area contributed by atoms with Gasteiger partial charge in [0.1, 0.15) is 0 Å². The van der Waals surface area contributed by atoms with Gasteiger partial charge in [-0.25, -0.2) is 0 Å². The summed E-state index contributed by atoms with van der Waals surface area (Å²) in [4.78, 5) is 9.89. The third-order valence-electron chi connectivity index (χ3n) is 4.99. The summed E-state index contributed by atoms with van der Waals surface area (Å²) in [5, 5.41) is 4.74. The summed E-state index contributed by atoms with van der Waals surface area (Å²) in [6.45, 7) is 9.04. The lowest BCUT2D eigenvalue weighted by atomic mass is 10.1. The van der Waals surface area contributed by atoms with Crippen LogP contribution in [-0.2, 0) is 0 Å². The van der Waals surface area contributed by atoms with Crippen molar-refractivity contribution in [3.63, 3.8) is 0 Å². The predicted molar refractivity (Wildman–Crippen MR) is 91.5 cm³/mol. The smallest absolute Gasteiger partial charge is 0.0726 e. The van der Waals surface area contributed by atoms with Crippen LogP contribution in [0.5, 0.6) is 0 Å². The number of aromatic nitrogens is 1. The van der Waals surface area contributed by atoms with E-state index in [9.17, 15) is 0 Å². The lowest BCUT2D eigenvalue weighted by molar-refractivity contribution is 0.185. The first-order valence-corrected chi connectivity index (χ1v) is 8.37. The molecule has 2 saturated heterocycles. The number of nitrogens with one attached hydrogen (secondary N) is 1. The maximum Gasteiger partial charge on any atom is 0.0726 e. The van der Waals surface area contributed by atoms with Gasteiger partial charge in [-0.05, 0) is 25.5 Å². The lowest BCUT2D eigenvalue weighted by Crippen LogP contribution is -2.49. The van der Waals surface area contributed by atoms with Crippen molar-refractivity contribution in [2.45, 2.75) is 19.4 Å². The van der Waals surface area contributed by atoms with Gasteiger partial charge in [0.2, 0.25) is 0 Å². The van der Waals surface area contributed by atoms with Crippen LogP contribution in [0, 0.1) is 6.92 Å². The number of fused-ring (bicyclic) bond motifs is 1. The Hall–Kier alpha value is -1.65. The van der Waals surface area contributed by atoms with E-state index in [0.29, 0.717) is 6.04 Å². The first-order chi connectivity index (χ1) is 10.8. The number of piperazine rings is 1. The number of pyridine rings is 1. The molecule has 2 aromatic rings. The minimum absolute atomic E-state index is 0.703. The maximum absolute atomic E-state index is 4.67. The van der Waals surface area contributed by atoms with Crippen LogP contribution in [0.4, 0.5) is 5.69 Å². The third kappa shape index (κ3) is 2.57. The average Bonchev–Trinajstić information content (AvgIpc) is 3.05. The van der Waals surface area contributed by atoms with E-state index in [2.05, 4.69) is 57.4 Å². The van der Waals surface area contributed by atoms with Crippen LogP contribution < -0.4 is 10.2 Å². The van der Waals surface area contributed by atoms with Crippen molar-refractivity contribution in [2.75, 3.05) is 44.2 Å². The monoisotopic (exact) mass is 296 g/mol. The minimum atomic E-state index is 0.703. The second-order valence-corrected chi connectivity index (χ2v) is 6.47. The Labute approximate surface area is 132 Å². The normalized spacial score (nSPS) is 23.3. The molecule has 4 heteroatoms. The first-order valence-electron chi connectivity index (χ1n) is 8.37. The van der Waals surface area contributed by atoms with E-state index in [0.717, 1.165) is 37.4 Å². The van der Waals surface area contributed by atoms with E-state index in [1.54, 1.807) is 0 Å². The zero-order chi connectivity index (χ0) is 14.9. The summed E-state index contributed by atoms with van der Waals surface area (Å²) in [5.74, 6) is 0. The molecule has 1 N–H and O–H groups in total. The van der Waals surface area contributed by atoms with E-state index in [1.165, 1.54) is 30.6 Å². The zero-order valence-electron chi connectivity index (χ0n) is 13.3. The highest BCUT2D eigenvalue weighted by molar-refractivity contribution is 5.92. The Balaban J connectivity index is 1.60. The molecule has 22 heavy (non-hydrogen) atoms. The molecule has 0 aliphatic carbocycles. The summed E-state index contributed by atoms with van der Waals surface area (Å²) in [7, 11) is 0. The fraction of sp³-hybridized carbons (Fsp3) is 0.500. The van der Waals surface area contributed by atoms with Gasteiger partial charge >= 0.3 is 0 Å². The Morgan fingerprint density at radius 3 is 2.82 bits per heavy atom. The van der Waals surface area contributed by atoms with Gasteiger partial charge in [0, 0.05) is 62.1 Å². The first kappa shape index (κ1) is 14.0. The quantitative estimate of drug-likeness (QED) is 0.919. The lowest BCUT2D eigenvalue weighted by Gasteiger charge is -2.32. The number of nitrogens with zero attached hydrogens (tertiary/aromatic N) is 3. The second kappa shape index (κ2) is 5.86. The Bertz CT molecular complexity index is 663. The van der Waals surface area contributed by atoms with Crippen molar-refractivity contribution in [3.05, 3.63) is 36.0 Å².